The SMILES string of the molecule is CNC1Cc2c[nH]c3ccc(C(N)=O)c(c23)C1.O=C(O)C=CC(=O)O. The van der Waals surface area contributed by atoms with Crippen LogP contribution in [0.5, 0.6) is 0 Å². The Balaban J connectivity index is 0.000000242. The van der Waals surface area contributed by atoms with Gasteiger partial charge >= 0.3 is 11.9 Å². The van der Waals surface area contributed by atoms with Crippen LogP contribution in [-0.4, -0.2) is 46.1 Å². The Hall–Kier alpha value is -3.13. The topological polar surface area (TPSA) is 146 Å². The number of carboxylic acid groups (broad SMARTS) is 2. The fraction of sp³-hybridized carbons (Fsp3) is 0.235. The monoisotopic (exact) mass is 345 g/mol. The van der Waals surface area contributed by atoms with Gasteiger partial charge in [0.15, 0.2) is 0 Å². The molecule has 8 nitrogen and oxygen atoms in total. The van der Waals surface area contributed by atoms with Crippen LogP contribution < -0.4 is 11.1 Å². The van der Waals surface area contributed by atoms with Crippen LogP contribution in [0.1, 0.15) is 21.5 Å². The molecule has 0 spiro atoms. The Morgan fingerprint density at radius 1 is 1.20 bits per heavy atom. The van der Waals surface area contributed by atoms with Crippen molar-refractivity contribution < 1.29 is 24.6 Å². The molecule has 25 heavy (non-hydrogen) atoms. The van der Waals surface area contributed by atoms with E-state index in [1.54, 1.807) is 0 Å². The second-order valence-corrected chi connectivity index (χ2v) is 5.60. The molecular formula is C17H19N3O5. The van der Waals surface area contributed by atoms with Crippen LogP contribution in [0.25, 0.3) is 10.9 Å². The van der Waals surface area contributed by atoms with Crippen LogP contribution in [0.2, 0.25) is 0 Å². The van der Waals surface area contributed by atoms with Crippen LogP contribution >= 0.6 is 0 Å². The molecule has 1 amide bonds. The Bertz CT molecular complexity index is 837. The standard InChI is InChI=1S/C13H15N3O.C4H4O4/c1-15-8-4-7-6-16-11-3-2-9(13(14)17)10(5-8)12(7)11;5-3(6)1-2-4(7)8/h2-3,6,8,15-16H,4-5H2,1H3,(H2,14,17);1-2H,(H,5,6)(H,7,8). The summed E-state index contributed by atoms with van der Waals surface area (Å²) < 4.78 is 0. The third-order valence-electron chi connectivity index (χ3n) is 3.99. The van der Waals surface area contributed by atoms with Crippen molar-refractivity contribution in [3.8, 4) is 0 Å². The highest BCUT2D eigenvalue weighted by Gasteiger charge is 2.24. The zero-order valence-corrected chi connectivity index (χ0v) is 13.6. The molecule has 1 aromatic carbocycles. The zero-order valence-electron chi connectivity index (χ0n) is 13.6. The van der Waals surface area contributed by atoms with Crippen LogP contribution in [0, 0.1) is 0 Å². The van der Waals surface area contributed by atoms with Crippen molar-refractivity contribution in [1.82, 2.24) is 10.3 Å². The Morgan fingerprint density at radius 2 is 1.84 bits per heavy atom. The number of H-pyrrole nitrogens is 1. The van der Waals surface area contributed by atoms with Crippen molar-refractivity contribution in [2.45, 2.75) is 18.9 Å². The molecule has 132 valence electrons. The third-order valence-corrected chi connectivity index (χ3v) is 3.99. The maximum atomic E-state index is 11.5. The van der Waals surface area contributed by atoms with E-state index in [0.717, 1.165) is 23.9 Å². The Morgan fingerprint density at radius 3 is 2.36 bits per heavy atom. The van der Waals surface area contributed by atoms with E-state index in [9.17, 15) is 14.4 Å². The number of amides is 1. The van der Waals surface area contributed by atoms with Crippen molar-refractivity contribution in [2.24, 2.45) is 5.73 Å². The number of aromatic amines is 1. The summed E-state index contributed by atoms with van der Waals surface area (Å²) in [4.78, 5) is 33.8. The second-order valence-electron chi connectivity index (χ2n) is 5.60. The fourth-order valence-electron chi connectivity index (χ4n) is 2.91. The van der Waals surface area contributed by atoms with Crippen molar-refractivity contribution >= 4 is 28.7 Å². The molecule has 0 saturated heterocycles. The smallest absolute Gasteiger partial charge is 0.328 e. The summed E-state index contributed by atoms with van der Waals surface area (Å²) in [6, 6.07) is 4.13. The van der Waals surface area contributed by atoms with Crippen molar-refractivity contribution in [3.05, 3.63) is 47.2 Å². The lowest BCUT2D eigenvalue weighted by Gasteiger charge is -2.23. The molecule has 1 aliphatic rings. The normalized spacial score (nSPS) is 15.6. The van der Waals surface area contributed by atoms with Crippen molar-refractivity contribution in [3.63, 3.8) is 0 Å². The minimum absolute atomic E-state index is 0.342. The lowest BCUT2D eigenvalue weighted by molar-refractivity contribution is -0.134. The molecule has 1 aliphatic carbocycles. The first-order valence-electron chi connectivity index (χ1n) is 7.56. The van der Waals surface area contributed by atoms with E-state index in [-0.39, 0.29) is 5.91 Å². The summed E-state index contributed by atoms with van der Waals surface area (Å²) in [7, 11) is 1.95. The van der Waals surface area contributed by atoms with Gasteiger partial charge in [-0.3, -0.25) is 4.79 Å². The lowest BCUT2D eigenvalue weighted by Crippen LogP contribution is -2.33. The average molecular weight is 345 g/mol. The molecule has 2 aromatic rings. The first kappa shape index (κ1) is 18.2. The number of hydrogen-bond donors (Lipinski definition) is 5. The number of nitrogens with one attached hydrogen (secondary N) is 2. The largest absolute Gasteiger partial charge is 0.478 e. The minimum atomic E-state index is -1.26. The molecule has 0 aliphatic heterocycles. The number of hydrogen-bond acceptors (Lipinski definition) is 4. The average Bonchev–Trinajstić information content (AvgIpc) is 2.98. The predicted octanol–water partition coefficient (Wildman–Crippen LogP) is 0.665. The van der Waals surface area contributed by atoms with E-state index in [1.165, 1.54) is 10.9 Å². The second kappa shape index (κ2) is 7.63. The van der Waals surface area contributed by atoms with Gasteiger partial charge in [-0.05, 0) is 43.1 Å². The van der Waals surface area contributed by atoms with E-state index in [2.05, 4.69) is 10.3 Å². The van der Waals surface area contributed by atoms with Crippen LogP contribution in [-0.2, 0) is 22.4 Å². The van der Waals surface area contributed by atoms with Gasteiger partial charge in [0, 0.05) is 40.9 Å². The molecule has 1 aromatic heterocycles. The maximum Gasteiger partial charge on any atom is 0.328 e. The zero-order chi connectivity index (χ0) is 18.6. The summed E-state index contributed by atoms with van der Waals surface area (Å²) >= 11 is 0. The van der Waals surface area contributed by atoms with Gasteiger partial charge in [-0.15, -0.1) is 0 Å². The number of carbonyl (C=O) groups is 3. The summed E-state index contributed by atoms with van der Waals surface area (Å²) in [5, 5.41) is 20.1. The highest BCUT2D eigenvalue weighted by atomic mass is 16.4. The maximum absolute atomic E-state index is 11.5. The summed E-state index contributed by atoms with van der Waals surface area (Å²) in [5.41, 5.74) is 9.53. The van der Waals surface area contributed by atoms with E-state index >= 15 is 0 Å². The number of carboxylic acids is 2. The lowest BCUT2D eigenvalue weighted by atomic mass is 9.86. The number of benzene rings is 1. The molecule has 1 atom stereocenters. The van der Waals surface area contributed by atoms with Crippen molar-refractivity contribution in [2.75, 3.05) is 7.05 Å². The first-order valence-corrected chi connectivity index (χ1v) is 7.56. The van der Waals surface area contributed by atoms with Gasteiger partial charge in [0.2, 0.25) is 5.91 Å². The molecule has 0 fully saturated rings. The van der Waals surface area contributed by atoms with Gasteiger partial charge in [-0.25, -0.2) is 9.59 Å². The van der Waals surface area contributed by atoms with Gasteiger partial charge in [0.1, 0.15) is 0 Å². The number of aromatic nitrogens is 1. The van der Waals surface area contributed by atoms with Gasteiger partial charge in [0.05, 0.1) is 0 Å². The molecule has 0 radical (unpaired) electrons. The van der Waals surface area contributed by atoms with E-state index < -0.39 is 11.9 Å². The van der Waals surface area contributed by atoms with Gasteiger partial charge in [-0.2, -0.15) is 0 Å². The van der Waals surface area contributed by atoms with Crippen LogP contribution in [0.4, 0.5) is 0 Å². The quantitative estimate of drug-likeness (QED) is 0.515. The van der Waals surface area contributed by atoms with Gasteiger partial charge in [-0.1, -0.05) is 0 Å². The van der Waals surface area contributed by atoms with Crippen LogP contribution in [0.3, 0.4) is 0 Å². The van der Waals surface area contributed by atoms with E-state index in [4.69, 9.17) is 15.9 Å². The highest BCUT2D eigenvalue weighted by molar-refractivity contribution is 6.01. The first-order chi connectivity index (χ1) is 11.8. The van der Waals surface area contributed by atoms with E-state index in [1.807, 2.05) is 25.4 Å². The molecule has 6 N–H and O–H groups in total. The van der Waals surface area contributed by atoms with Gasteiger partial charge in [0.25, 0.3) is 0 Å². The molecule has 1 unspecified atom stereocenters. The number of nitrogens with two attached hydrogens (primary N) is 1. The Kier molecular flexibility index (Phi) is 5.56. The molecule has 0 saturated carbocycles. The highest BCUT2D eigenvalue weighted by Crippen LogP contribution is 2.31. The molecule has 0 bridgehead atoms. The van der Waals surface area contributed by atoms with E-state index in [0.29, 0.717) is 23.8 Å². The summed E-state index contributed by atoms with van der Waals surface area (Å²) in [6.45, 7) is 0. The fourth-order valence-corrected chi connectivity index (χ4v) is 2.91. The molecular weight excluding hydrogens is 326 g/mol. The third kappa shape index (κ3) is 4.24. The minimum Gasteiger partial charge on any atom is -0.478 e. The number of carbonyl (C=O) groups excluding carboxylic acids is 1. The summed E-state index contributed by atoms with van der Waals surface area (Å²) in [6.07, 6.45) is 5.00. The van der Waals surface area contributed by atoms with Gasteiger partial charge < -0.3 is 26.2 Å². The molecule has 3 rings (SSSR count). The number of rotatable bonds is 4. The molecule has 1 heterocycles. The molecule has 8 heteroatoms. The number of aliphatic carboxylic acids is 2. The number of primary amides is 1. The summed E-state index contributed by atoms with van der Waals surface area (Å²) in [5.74, 6) is -2.86. The predicted molar refractivity (Wildman–Crippen MR) is 91.5 cm³/mol. The number of likely N-dealkylation sites (N-methyl/N-ethyl adjacent to an activating group) is 1. The van der Waals surface area contributed by atoms with Crippen LogP contribution in [0.15, 0.2) is 30.5 Å². The Labute approximate surface area is 143 Å². The van der Waals surface area contributed by atoms with Crippen molar-refractivity contribution in [1.29, 1.82) is 0 Å².